The normalized spacial score (nSPS) is 12.0. The Labute approximate surface area is 344 Å². The molecule has 4 nitrogen and oxygen atoms in total. The van der Waals surface area contributed by atoms with E-state index in [1.807, 2.05) is 182 Å². The molecule has 10 rings (SSSR count). The highest BCUT2D eigenvalue weighted by molar-refractivity contribution is 7.85. The molecule has 0 aliphatic rings. The Hall–Kier alpha value is -7.21. The Morgan fingerprint density at radius 2 is 0.867 bits per heavy atom. The smallest absolute Gasteiger partial charge is 0.309 e. The highest BCUT2D eigenvalue weighted by Gasteiger charge is 2.37. The molecule has 0 bridgehead atoms. The second kappa shape index (κ2) is 14.9. The van der Waals surface area contributed by atoms with Crippen molar-refractivity contribution >= 4 is 55.8 Å². The maximum absolute atomic E-state index is 15.7. The summed E-state index contributed by atoms with van der Waals surface area (Å²) < 4.78 is 62.2. The largest absolute Gasteiger partial charge is 0.417 e. The number of pyridine rings is 1. The number of fused-ring (bicyclic) bond motifs is 5. The fraction of sp³-hybridized carbons (Fsp3) is 0.0192. The van der Waals surface area contributed by atoms with Crippen LogP contribution in [0.15, 0.2) is 200 Å². The van der Waals surface area contributed by atoms with E-state index in [0.29, 0.717) is 60.2 Å². The van der Waals surface area contributed by atoms with Crippen molar-refractivity contribution in [3.05, 3.63) is 206 Å². The van der Waals surface area contributed by atoms with Crippen molar-refractivity contribution in [2.45, 2.75) is 6.18 Å². The lowest BCUT2D eigenvalue weighted by atomic mass is 9.90. The van der Waals surface area contributed by atoms with Crippen LogP contribution in [-0.2, 0) is 10.7 Å². The molecule has 8 heteroatoms. The molecule has 288 valence electrons. The molecule has 2 aromatic heterocycles. The molecule has 0 spiro atoms. The summed E-state index contributed by atoms with van der Waals surface area (Å²) in [6, 6.07) is 61.0. The summed E-state index contributed by atoms with van der Waals surface area (Å²) in [6.07, 6.45) is -4.77. The summed E-state index contributed by atoms with van der Waals surface area (Å²) >= 11 is 0. The molecule has 60 heavy (non-hydrogen) atoms. The van der Waals surface area contributed by atoms with Crippen molar-refractivity contribution in [1.29, 1.82) is 0 Å². The summed E-state index contributed by atoms with van der Waals surface area (Å²) in [5.41, 5.74) is 4.80. The number of rotatable bonds is 7. The third kappa shape index (κ3) is 6.35. The lowest BCUT2D eigenvalue weighted by Crippen LogP contribution is -2.24. The van der Waals surface area contributed by atoms with Gasteiger partial charge in [0.25, 0.3) is 0 Å². The molecule has 0 amide bonds. The van der Waals surface area contributed by atoms with Crippen molar-refractivity contribution in [3.63, 3.8) is 0 Å². The first-order chi connectivity index (χ1) is 29.3. The van der Waals surface area contributed by atoms with Crippen LogP contribution < -0.4 is 15.9 Å². The molecule has 0 atom stereocenters. The molecule has 0 aliphatic carbocycles. The standard InChI is InChI=1S/C52H33F3N3OP/c53-52(54,55)43-33-45-51(58-49(36-19-7-2-8-20-36)48(57-45)35-17-5-1-6-18-35)46-42-27-15-16-28-44(42)56-50(47(43)46)41-26-14-13-25-40(41)34-29-31-39(32-30-34)60(59,37-21-9-3-10-22-37)38-23-11-4-12-24-38/h1-33H. The minimum absolute atomic E-state index is 0.0591. The molecule has 10 aromatic rings. The van der Waals surface area contributed by atoms with Crippen molar-refractivity contribution < 1.29 is 17.7 Å². The van der Waals surface area contributed by atoms with Crippen LogP contribution in [0.4, 0.5) is 13.2 Å². The van der Waals surface area contributed by atoms with Gasteiger partial charge in [0.05, 0.1) is 39.2 Å². The van der Waals surface area contributed by atoms with Crippen molar-refractivity contribution in [2.75, 3.05) is 0 Å². The zero-order valence-corrected chi connectivity index (χ0v) is 32.8. The summed E-state index contributed by atoms with van der Waals surface area (Å²) in [5.74, 6) is 0. The highest BCUT2D eigenvalue weighted by Crippen LogP contribution is 2.47. The first-order valence-corrected chi connectivity index (χ1v) is 21.2. The molecule has 0 unspecified atom stereocenters. The van der Waals surface area contributed by atoms with Crippen LogP contribution in [0.2, 0.25) is 0 Å². The number of aromatic nitrogens is 3. The van der Waals surface area contributed by atoms with Gasteiger partial charge in [-0.3, -0.25) is 0 Å². The van der Waals surface area contributed by atoms with E-state index >= 15 is 17.7 Å². The molecule has 0 N–H and O–H groups in total. The Morgan fingerprint density at radius 3 is 1.45 bits per heavy atom. The van der Waals surface area contributed by atoms with Crippen LogP contribution in [0.5, 0.6) is 0 Å². The summed E-state index contributed by atoms with van der Waals surface area (Å²) in [6.45, 7) is 0. The van der Waals surface area contributed by atoms with Crippen molar-refractivity contribution in [1.82, 2.24) is 15.0 Å². The molecular formula is C52H33F3N3OP. The minimum Gasteiger partial charge on any atom is -0.309 e. The Kier molecular flexibility index (Phi) is 9.19. The number of hydrogen-bond acceptors (Lipinski definition) is 4. The number of alkyl halides is 3. The number of benzene rings is 8. The fourth-order valence-electron chi connectivity index (χ4n) is 8.19. The van der Waals surface area contributed by atoms with E-state index in [2.05, 4.69) is 0 Å². The first kappa shape index (κ1) is 37.1. The van der Waals surface area contributed by atoms with Gasteiger partial charge in [0.15, 0.2) is 7.14 Å². The van der Waals surface area contributed by atoms with E-state index in [0.717, 1.165) is 22.8 Å². The second-order valence-corrected chi connectivity index (χ2v) is 17.3. The molecule has 0 radical (unpaired) electrons. The minimum atomic E-state index is -4.77. The van der Waals surface area contributed by atoms with Crippen LogP contribution in [-0.4, -0.2) is 15.0 Å². The molecule has 8 aromatic carbocycles. The Morgan fingerprint density at radius 1 is 0.400 bits per heavy atom. The van der Waals surface area contributed by atoms with Crippen molar-refractivity contribution in [3.8, 4) is 44.9 Å². The van der Waals surface area contributed by atoms with Gasteiger partial charge < -0.3 is 4.57 Å². The van der Waals surface area contributed by atoms with Gasteiger partial charge >= 0.3 is 6.18 Å². The molecule has 0 fully saturated rings. The van der Waals surface area contributed by atoms with Crippen LogP contribution in [0.1, 0.15) is 5.56 Å². The van der Waals surface area contributed by atoms with Gasteiger partial charge in [-0.15, -0.1) is 0 Å². The molecule has 0 saturated carbocycles. The Balaban J connectivity index is 1.24. The second-order valence-electron chi connectivity index (χ2n) is 14.5. The monoisotopic (exact) mass is 803 g/mol. The third-order valence-corrected chi connectivity index (χ3v) is 14.0. The zero-order valence-electron chi connectivity index (χ0n) is 31.9. The van der Waals surface area contributed by atoms with Gasteiger partial charge in [-0.2, -0.15) is 13.2 Å². The van der Waals surface area contributed by atoms with E-state index in [-0.39, 0.29) is 16.6 Å². The lowest BCUT2D eigenvalue weighted by molar-refractivity contribution is -0.136. The third-order valence-electron chi connectivity index (χ3n) is 11.0. The molecular weight excluding hydrogens is 771 g/mol. The van der Waals surface area contributed by atoms with E-state index in [1.54, 1.807) is 12.1 Å². The van der Waals surface area contributed by atoms with Crippen LogP contribution in [0.25, 0.3) is 77.6 Å². The maximum atomic E-state index is 15.7. The number of para-hydroxylation sites is 1. The van der Waals surface area contributed by atoms with Gasteiger partial charge in [0, 0.05) is 48.8 Å². The maximum Gasteiger partial charge on any atom is 0.417 e. The lowest BCUT2D eigenvalue weighted by Gasteiger charge is -2.21. The summed E-state index contributed by atoms with van der Waals surface area (Å²) in [7, 11) is -3.27. The van der Waals surface area contributed by atoms with E-state index in [4.69, 9.17) is 15.0 Å². The highest BCUT2D eigenvalue weighted by atomic mass is 31.2. The topological polar surface area (TPSA) is 55.7 Å². The van der Waals surface area contributed by atoms with Gasteiger partial charge in [0.1, 0.15) is 0 Å². The molecule has 0 saturated heterocycles. The van der Waals surface area contributed by atoms with E-state index in [9.17, 15) is 0 Å². The van der Waals surface area contributed by atoms with Gasteiger partial charge in [0.2, 0.25) is 0 Å². The summed E-state index contributed by atoms with van der Waals surface area (Å²) in [4.78, 5) is 15.3. The molecule has 2 heterocycles. The Bertz CT molecular complexity index is 3210. The quantitative estimate of drug-likeness (QED) is 0.119. The van der Waals surface area contributed by atoms with Crippen LogP contribution in [0.3, 0.4) is 0 Å². The average Bonchev–Trinajstić information content (AvgIpc) is 3.31. The van der Waals surface area contributed by atoms with Crippen LogP contribution >= 0.6 is 7.14 Å². The fourth-order valence-corrected chi connectivity index (χ4v) is 10.8. The number of halogens is 3. The first-order valence-electron chi connectivity index (χ1n) is 19.5. The average molecular weight is 804 g/mol. The van der Waals surface area contributed by atoms with Gasteiger partial charge in [-0.1, -0.05) is 188 Å². The number of nitrogens with zero attached hydrogens (tertiary/aromatic N) is 3. The van der Waals surface area contributed by atoms with Crippen molar-refractivity contribution in [2.24, 2.45) is 0 Å². The zero-order chi connectivity index (χ0) is 40.8. The SMILES string of the molecule is O=P(c1ccccc1)(c1ccccc1)c1ccc(-c2ccccc2-c2nc3ccccc3c3c2c(C(F)(F)F)cc2nc(-c4ccccc4)c(-c4ccccc4)nc23)cc1. The van der Waals surface area contributed by atoms with E-state index < -0.39 is 18.9 Å². The predicted octanol–water partition coefficient (Wildman–Crippen LogP) is 12.7. The van der Waals surface area contributed by atoms with Gasteiger partial charge in [-0.05, 0) is 23.3 Å². The van der Waals surface area contributed by atoms with E-state index in [1.165, 1.54) is 0 Å². The number of hydrogen-bond donors (Lipinski definition) is 0. The summed E-state index contributed by atoms with van der Waals surface area (Å²) in [5, 5.41) is 2.85. The van der Waals surface area contributed by atoms with Gasteiger partial charge in [-0.25, -0.2) is 15.0 Å². The predicted molar refractivity (Wildman–Crippen MR) is 238 cm³/mol. The van der Waals surface area contributed by atoms with Crippen LogP contribution in [0, 0.1) is 0 Å². The molecule has 0 aliphatic heterocycles.